The van der Waals surface area contributed by atoms with Gasteiger partial charge in [-0.3, -0.25) is 9.51 Å². The molecule has 0 radical (unpaired) electrons. The van der Waals surface area contributed by atoms with E-state index in [1.165, 1.54) is 0 Å². The topological polar surface area (TPSA) is 109 Å². The molecule has 0 unspecified atom stereocenters. The first-order chi connectivity index (χ1) is 17.9. The molecular weight excluding hydrogens is 481 g/mol. The smallest absolute Gasteiger partial charge is 0.439 e. The number of aryl methyl sites for hydroxylation is 1. The summed E-state index contributed by atoms with van der Waals surface area (Å²) in [6, 6.07) is 12.9. The van der Waals surface area contributed by atoms with Crippen LogP contribution in [0.15, 0.2) is 51.8 Å². The molecular formula is C27H28FN3O6. The molecule has 0 aliphatic rings. The van der Waals surface area contributed by atoms with Crippen molar-refractivity contribution in [3.05, 3.63) is 87.0 Å². The number of hydrogen-bond donors (Lipinski definition) is 1. The van der Waals surface area contributed by atoms with Gasteiger partial charge in [-0.2, -0.15) is 0 Å². The standard InChI is InChI=1S/C27H28FN3O6/c1-5-34-20-8-6-7-18(12-20)26-22(36-15-33-4)10-9-19(29-26)13-21-16(2)11-23(25(28)17(21)3)35-14-24-30-27(32)37-31-24/h6-12H,5,13-15H2,1-4H3,(H,30,31,32). The van der Waals surface area contributed by atoms with E-state index in [4.69, 9.17) is 23.9 Å². The lowest BCUT2D eigenvalue weighted by atomic mass is 9.97. The SMILES string of the molecule is CCOc1cccc(-c2nc(Cc3c(C)cc(OCc4noc(=O)[nH]4)c(F)c3C)ccc2OCOC)c1. The van der Waals surface area contributed by atoms with Crippen molar-refractivity contribution >= 4 is 0 Å². The molecule has 2 aromatic carbocycles. The summed E-state index contributed by atoms with van der Waals surface area (Å²) in [7, 11) is 1.55. The number of benzene rings is 2. The first-order valence-corrected chi connectivity index (χ1v) is 11.7. The van der Waals surface area contributed by atoms with Crippen LogP contribution in [0.4, 0.5) is 4.39 Å². The minimum atomic E-state index is -0.697. The van der Waals surface area contributed by atoms with Gasteiger partial charge in [-0.1, -0.05) is 17.3 Å². The third-order valence-electron chi connectivity index (χ3n) is 5.70. The Bertz CT molecular complexity index is 1430. The van der Waals surface area contributed by atoms with Crippen LogP contribution >= 0.6 is 0 Å². The van der Waals surface area contributed by atoms with E-state index in [1.807, 2.05) is 50.2 Å². The number of pyridine rings is 1. The summed E-state index contributed by atoms with van der Waals surface area (Å²) in [5, 5.41) is 3.53. The van der Waals surface area contributed by atoms with Gasteiger partial charge in [0.2, 0.25) is 0 Å². The zero-order chi connectivity index (χ0) is 26.4. The second kappa shape index (κ2) is 11.7. The molecule has 4 aromatic rings. The van der Waals surface area contributed by atoms with Gasteiger partial charge in [0.25, 0.3) is 0 Å². The summed E-state index contributed by atoms with van der Waals surface area (Å²) in [6.07, 6.45) is 0.397. The van der Waals surface area contributed by atoms with Crippen molar-refractivity contribution in [3.63, 3.8) is 0 Å². The molecule has 0 fully saturated rings. The zero-order valence-electron chi connectivity index (χ0n) is 21.1. The van der Waals surface area contributed by atoms with Crippen LogP contribution < -0.4 is 20.0 Å². The number of rotatable bonds is 11. The van der Waals surface area contributed by atoms with Gasteiger partial charge >= 0.3 is 5.76 Å². The number of nitrogens with one attached hydrogen (secondary N) is 1. The molecule has 10 heteroatoms. The predicted molar refractivity (Wildman–Crippen MR) is 133 cm³/mol. The van der Waals surface area contributed by atoms with Crippen molar-refractivity contribution in [2.24, 2.45) is 0 Å². The second-order valence-electron chi connectivity index (χ2n) is 8.28. The van der Waals surface area contributed by atoms with Crippen LogP contribution in [0.2, 0.25) is 0 Å². The average Bonchev–Trinajstić information content (AvgIpc) is 3.32. The molecule has 2 heterocycles. The number of hydrogen-bond acceptors (Lipinski definition) is 8. The highest BCUT2D eigenvalue weighted by Gasteiger charge is 2.18. The minimum Gasteiger partial charge on any atom is -0.494 e. The average molecular weight is 510 g/mol. The molecule has 2 aromatic heterocycles. The number of halogens is 1. The largest absolute Gasteiger partial charge is 0.494 e. The Balaban J connectivity index is 1.63. The number of H-pyrrole nitrogens is 1. The Morgan fingerprint density at radius 2 is 1.89 bits per heavy atom. The van der Waals surface area contributed by atoms with Crippen molar-refractivity contribution in [2.75, 3.05) is 20.5 Å². The van der Waals surface area contributed by atoms with Gasteiger partial charge in [0.05, 0.1) is 6.61 Å². The van der Waals surface area contributed by atoms with Crippen molar-refractivity contribution < 1.29 is 27.9 Å². The molecule has 0 saturated heterocycles. The molecule has 0 saturated carbocycles. The van der Waals surface area contributed by atoms with Gasteiger partial charge in [0, 0.05) is 24.8 Å². The third kappa shape index (κ3) is 6.15. The number of aromatic nitrogens is 3. The molecule has 0 bridgehead atoms. The molecule has 9 nitrogen and oxygen atoms in total. The van der Waals surface area contributed by atoms with Gasteiger partial charge in [-0.25, -0.2) is 14.2 Å². The number of methoxy groups -OCH3 is 1. The van der Waals surface area contributed by atoms with E-state index >= 15 is 4.39 Å². The second-order valence-corrected chi connectivity index (χ2v) is 8.28. The number of ether oxygens (including phenoxy) is 4. The highest BCUT2D eigenvalue weighted by atomic mass is 19.1. The third-order valence-corrected chi connectivity index (χ3v) is 5.70. The lowest BCUT2D eigenvalue weighted by Crippen LogP contribution is -2.07. The highest BCUT2D eigenvalue weighted by molar-refractivity contribution is 5.68. The van der Waals surface area contributed by atoms with Crippen LogP contribution in [0.25, 0.3) is 11.3 Å². The van der Waals surface area contributed by atoms with Crippen LogP contribution in [0, 0.1) is 19.7 Å². The summed E-state index contributed by atoms with van der Waals surface area (Å²) in [6.45, 7) is 6.00. The maximum Gasteiger partial charge on any atom is 0.439 e. The lowest BCUT2D eigenvalue weighted by Gasteiger charge is -2.16. The van der Waals surface area contributed by atoms with Gasteiger partial charge in [0.15, 0.2) is 24.2 Å². The van der Waals surface area contributed by atoms with Crippen molar-refractivity contribution in [1.82, 2.24) is 15.1 Å². The van der Waals surface area contributed by atoms with Crippen molar-refractivity contribution in [3.8, 4) is 28.5 Å². The van der Waals surface area contributed by atoms with Crippen LogP contribution in [-0.4, -0.2) is 35.6 Å². The maximum absolute atomic E-state index is 15.2. The minimum absolute atomic E-state index is 0.0623. The van der Waals surface area contributed by atoms with E-state index in [2.05, 4.69) is 14.7 Å². The Labute approximate surface area is 213 Å². The Morgan fingerprint density at radius 3 is 2.62 bits per heavy atom. The molecule has 1 N–H and O–H groups in total. The zero-order valence-corrected chi connectivity index (χ0v) is 21.1. The van der Waals surface area contributed by atoms with Crippen molar-refractivity contribution in [1.29, 1.82) is 0 Å². The molecule has 0 aliphatic heterocycles. The number of aromatic amines is 1. The Kier molecular flexibility index (Phi) is 8.19. The first-order valence-electron chi connectivity index (χ1n) is 11.7. The van der Waals surface area contributed by atoms with E-state index in [0.29, 0.717) is 30.0 Å². The van der Waals surface area contributed by atoms with Gasteiger partial charge < -0.3 is 18.9 Å². The van der Waals surface area contributed by atoms with Crippen LogP contribution in [0.1, 0.15) is 35.1 Å². The molecule has 0 aliphatic carbocycles. The maximum atomic E-state index is 15.2. The van der Waals surface area contributed by atoms with Crippen LogP contribution in [-0.2, 0) is 17.8 Å². The monoisotopic (exact) mass is 509 g/mol. The predicted octanol–water partition coefficient (Wildman–Crippen LogP) is 4.73. The highest BCUT2D eigenvalue weighted by Crippen LogP contribution is 2.33. The summed E-state index contributed by atoms with van der Waals surface area (Å²) < 4.78 is 41.7. The van der Waals surface area contributed by atoms with E-state index in [-0.39, 0.29) is 25.0 Å². The van der Waals surface area contributed by atoms with Crippen LogP contribution in [0.5, 0.6) is 17.2 Å². The van der Waals surface area contributed by atoms with Gasteiger partial charge in [-0.05, 0) is 67.8 Å². The molecule has 194 valence electrons. The molecule has 0 amide bonds. The Morgan fingerprint density at radius 1 is 1.05 bits per heavy atom. The lowest BCUT2D eigenvalue weighted by molar-refractivity contribution is 0.0513. The van der Waals surface area contributed by atoms with E-state index in [0.717, 1.165) is 28.1 Å². The fourth-order valence-corrected chi connectivity index (χ4v) is 3.92. The van der Waals surface area contributed by atoms with E-state index in [1.54, 1.807) is 20.1 Å². The summed E-state index contributed by atoms with van der Waals surface area (Å²) in [5.74, 6) is 0.336. The molecule has 0 atom stereocenters. The summed E-state index contributed by atoms with van der Waals surface area (Å²) >= 11 is 0. The molecule has 0 spiro atoms. The number of nitrogens with zero attached hydrogens (tertiary/aromatic N) is 2. The summed E-state index contributed by atoms with van der Waals surface area (Å²) in [5.41, 5.74) is 4.28. The fraction of sp³-hybridized carbons (Fsp3) is 0.296. The normalized spacial score (nSPS) is 10.9. The van der Waals surface area contributed by atoms with E-state index in [9.17, 15) is 4.79 Å². The van der Waals surface area contributed by atoms with Crippen molar-refractivity contribution in [2.45, 2.75) is 33.8 Å². The first kappa shape index (κ1) is 25.9. The Hall–Kier alpha value is -4.18. The van der Waals surface area contributed by atoms with Gasteiger partial charge in [-0.15, -0.1) is 0 Å². The quantitative estimate of drug-likeness (QED) is 0.289. The summed E-state index contributed by atoms with van der Waals surface area (Å²) in [4.78, 5) is 18.3. The fourth-order valence-electron chi connectivity index (χ4n) is 3.92. The van der Waals surface area contributed by atoms with Crippen LogP contribution in [0.3, 0.4) is 0 Å². The molecule has 37 heavy (non-hydrogen) atoms. The van der Waals surface area contributed by atoms with E-state index < -0.39 is 11.6 Å². The van der Waals surface area contributed by atoms with Gasteiger partial charge in [0.1, 0.15) is 23.8 Å². The molecule has 4 rings (SSSR count).